The maximum atomic E-state index is 13.4. The van der Waals surface area contributed by atoms with E-state index in [1.165, 1.54) is 18.3 Å². The molecule has 1 atom stereocenters. The number of hydrogen-bond donors (Lipinski definition) is 1. The molecule has 0 saturated heterocycles. The van der Waals surface area contributed by atoms with Crippen LogP contribution in [0.15, 0.2) is 24.4 Å². The van der Waals surface area contributed by atoms with Gasteiger partial charge in [-0.2, -0.15) is 0 Å². The minimum absolute atomic E-state index is 0.177. The van der Waals surface area contributed by atoms with E-state index >= 15 is 0 Å². The number of nitrogens with zero attached hydrogens (tertiary/aromatic N) is 1. The van der Waals surface area contributed by atoms with Crippen molar-refractivity contribution in [2.45, 2.75) is 20.0 Å². The molecule has 0 spiro atoms. The minimum Gasteiger partial charge on any atom is -0.478 e. The first-order chi connectivity index (χ1) is 9.45. The van der Waals surface area contributed by atoms with Gasteiger partial charge in [-0.3, -0.25) is 10.1 Å². The first-order valence-corrected chi connectivity index (χ1v) is 6.62. The van der Waals surface area contributed by atoms with Gasteiger partial charge in [-0.05, 0) is 26.0 Å². The van der Waals surface area contributed by atoms with E-state index in [1.807, 2.05) is 6.92 Å². The Morgan fingerprint density at radius 2 is 2.20 bits per heavy atom. The molecule has 0 saturated carbocycles. The van der Waals surface area contributed by atoms with Crippen molar-refractivity contribution < 1.29 is 18.3 Å². The third-order valence-corrected chi connectivity index (χ3v) is 3.25. The van der Waals surface area contributed by atoms with Gasteiger partial charge in [0.25, 0.3) is 5.91 Å². The number of halogens is 2. The molecular formula is C13H12F2N2O2S. The number of aryl methyl sites for hydroxylation is 1. The highest BCUT2D eigenvalue weighted by molar-refractivity contribution is 7.15. The van der Waals surface area contributed by atoms with Crippen molar-refractivity contribution in [2.24, 2.45) is 0 Å². The van der Waals surface area contributed by atoms with Crippen LogP contribution >= 0.6 is 11.3 Å². The molecule has 0 unspecified atom stereocenters. The normalized spacial score (nSPS) is 12.0. The van der Waals surface area contributed by atoms with Gasteiger partial charge in [-0.25, -0.2) is 13.8 Å². The van der Waals surface area contributed by atoms with E-state index in [2.05, 4.69) is 10.3 Å². The van der Waals surface area contributed by atoms with Crippen molar-refractivity contribution in [1.82, 2.24) is 4.98 Å². The van der Waals surface area contributed by atoms with Crippen molar-refractivity contribution in [1.29, 1.82) is 0 Å². The van der Waals surface area contributed by atoms with Crippen molar-refractivity contribution >= 4 is 22.4 Å². The second-order valence-corrected chi connectivity index (χ2v) is 5.33. The minimum atomic E-state index is -0.931. The van der Waals surface area contributed by atoms with Crippen LogP contribution in [0, 0.1) is 18.6 Å². The van der Waals surface area contributed by atoms with Crippen molar-refractivity contribution in [2.75, 3.05) is 5.32 Å². The first-order valence-electron chi connectivity index (χ1n) is 5.80. The third-order valence-electron chi connectivity index (χ3n) is 2.42. The SMILES string of the molecule is Cc1cnc(NC(=O)[C@H](C)Oc2ccc(F)cc2F)s1. The molecule has 0 bridgehead atoms. The van der Waals surface area contributed by atoms with Gasteiger partial charge in [0, 0.05) is 17.1 Å². The summed E-state index contributed by atoms with van der Waals surface area (Å²) in [6.45, 7) is 3.33. The van der Waals surface area contributed by atoms with Crippen LogP contribution in [0.1, 0.15) is 11.8 Å². The lowest BCUT2D eigenvalue weighted by molar-refractivity contribution is -0.122. The summed E-state index contributed by atoms with van der Waals surface area (Å²) in [5.41, 5.74) is 0. The number of nitrogens with one attached hydrogen (secondary N) is 1. The van der Waals surface area contributed by atoms with E-state index in [-0.39, 0.29) is 5.75 Å². The van der Waals surface area contributed by atoms with Crippen LogP contribution in [0.3, 0.4) is 0 Å². The monoisotopic (exact) mass is 298 g/mol. The zero-order chi connectivity index (χ0) is 14.7. The van der Waals surface area contributed by atoms with Gasteiger partial charge in [-0.1, -0.05) is 0 Å². The van der Waals surface area contributed by atoms with Gasteiger partial charge in [-0.15, -0.1) is 11.3 Å². The summed E-state index contributed by atoms with van der Waals surface area (Å²) in [5, 5.41) is 3.01. The Balaban J connectivity index is 2.00. The molecule has 1 heterocycles. The number of rotatable bonds is 4. The lowest BCUT2D eigenvalue weighted by atomic mass is 10.3. The summed E-state index contributed by atoms with van der Waals surface area (Å²) in [4.78, 5) is 16.8. The molecular weight excluding hydrogens is 286 g/mol. The number of carbonyl (C=O) groups is 1. The number of ether oxygens (including phenoxy) is 1. The second-order valence-electron chi connectivity index (χ2n) is 4.10. The Morgan fingerprint density at radius 3 is 2.80 bits per heavy atom. The molecule has 1 aromatic heterocycles. The number of hydrogen-bond acceptors (Lipinski definition) is 4. The van der Waals surface area contributed by atoms with E-state index in [1.54, 1.807) is 6.20 Å². The Morgan fingerprint density at radius 1 is 1.45 bits per heavy atom. The molecule has 1 aromatic carbocycles. The van der Waals surface area contributed by atoms with Crippen LogP contribution in [0.5, 0.6) is 5.75 Å². The lowest BCUT2D eigenvalue weighted by Crippen LogP contribution is -2.30. The van der Waals surface area contributed by atoms with E-state index < -0.39 is 23.6 Å². The van der Waals surface area contributed by atoms with Crippen LogP contribution in [0.25, 0.3) is 0 Å². The molecule has 106 valence electrons. The Kier molecular flexibility index (Phi) is 4.29. The van der Waals surface area contributed by atoms with E-state index in [0.717, 1.165) is 17.0 Å². The number of benzene rings is 1. The fraction of sp³-hybridized carbons (Fsp3) is 0.231. The average molecular weight is 298 g/mol. The van der Waals surface area contributed by atoms with Gasteiger partial charge >= 0.3 is 0 Å². The summed E-state index contributed by atoms with van der Waals surface area (Å²) >= 11 is 1.32. The molecule has 7 heteroatoms. The van der Waals surface area contributed by atoms with E-state index in [4.69, 9.17) is 4.74 Å². The van der Waals surface area contributed by atoms with Gasteiger partial charge in [0.05, 0.1) is 0 Å². The maximum absolute atomic E-state index is 13.4. The molecule has 4 nitrogen and oxygen atoms in total. The maximum Gasteiger partial charge on any atom is 0.266 e. The topological polar surface area (TPSA) is 51.2 Å². The van der Waals surface area contributed by atoms with Crippen LogP contribution in [-0.2, 0) is 4.79 Å². The highest BCUT2D eigenvalue weighted by Gasteiger charge is 2.18. The Labute approximate surface area is 118 Å². The van der Waals surface area contributed by atoms with Crippen LogP contribution in [0.2, 0.25) is 0 Å². The highest BCUT2D eigenvalue weighted by atomic mass is 32.1. The van der Waals surface area contributed by atoms with Crippen molar-refractivity contribution in [3.05, 3.63) is 40.9 Å². The number of anilines is 1. The molecule has 0 fully saturated rings. The third kappa shape index (κ3) is 3.51. The molecule has 2 rings (SSSR count). The second kappa shape index (κ2) is 5.96. The first kappa shape index (κ1) is 14.4. The Bertz CT molecular complexity index is 631. The highest BCUT2D eigenvalue weighted by Crippen LogP contribution is 2.20. The lowest BCUT2D eigenvalue weighted by Gasteiger charge is -2.14. The average Bonchev–Trinajstić information content (AvgIpc) is 2.78. The predicted octanol–water partition coefficient (Wildman–Crippen LogP) is 3.14. The van der Waals surface area contributed by atoms with Gasteiger partial charge < -0.3 is 4.74 Å². The smallest absolute Gasteiger partial charge is 0.266 e. The standard InChI is InChI=1S/C13H12F2N2O2S/c1-7-6-16-13(20-7)17-12(18)8(2)19-11-4-3-9(14)5-10(11)15/h3-6,8H,1-2H3,(H,16,17,18)/t8-/m0/s1. The summed E-state index contributed by atoms with van der Waals surface area (Å²) < 4.78 is 31.3. The molecule has 0 aliphatic heterocycles. The fourth-order valence-corrected chi connectivity index (χ4v) is 2.10. The molecule has 0 aliphatic rings. The predicted molar refractivity (Wildman–Crippen MR) is 71.9 cm³/mol. The zero-order valence-electron chi connectivity index (χ0n) is 10.8. The summed E-state index contributed by atoms with van der Waals surface area (Å²) in [6, 6.07) is 2.90. The van der Waals surface area contributed by atoms with Crippen molar-refractivity contribution in [3.63, 3.8) is 0 Å². The molecule has 20 heavy (non-hydrogen) atoms. The van der Waals surface area contributed by atoms with Gasteiger partial charge in [0.2, 0.25) is 0 Å². The summed E-state index contributed by atoms with van der Waals surface area (Å²) in [6.07, 6.45) is 0.699. The Hall–Kier alpha value is -2.02. The van der Waals surface area contributed by atoms with Gasteiger partial charge in [0.15, 0.2) is 22.8 Å². The molecule has 0 radical (unpaired) electrons. The van der Waals surface area contributed by atoms with Crippen molar-refractivity contribution in [3.8, 4) is 5.75 Å². The summed E-state index contributed by atoms with van der Waals surface area (Å²) in [7, 11) is 0. The molecule has 2 aromatic rings. The number of amides is 1. The molecule has 1 N–H and O–H groups in total. The summed E-state index contributed by atoms with van der Waals surface area (Å²) in [5.74, 6) is -2.19. The largest absolute Gasteiger partial charge is 0.478 e. The number of thiazole rings is 1. The van der Waals surface area contributed by atoms with Gasteiger partial charge in [0.1, 0.15) is 5.82 Å². The fourth-order valence-electron chi connectivity index (χ4n) is 1.43. The van der Waals surface area contributed by atoms with Crippen LogP contribution < -0.4 is 10.1 Å². The zero-order valence-corrected chi connectivity index (χ0v) is 11.6. The molecule has 0 aliphatic carbocycles. The van der Waals surface area contributed by atoms with Crippen LogP contribution in [-0.4, -0.2) is 17.0 Å². The molecule has 1 amide bonds. The number of carbonyl (C=O) groups excluding carboxylic acids is 1. The van der Waals surface area contributed by atoms with Crippen LogP contribution in [0.4, 0.5) is 13.9 Å². The van der Waals surface area contributed by atoms with E-state index in [9.17, 15) is 13.6 Å². The quantitative estimate of drug-likeness (QED) is 0.943. The number of aromatic nitrogens is 1. The van der Waals surface area contributed by atoms with E-state index in [0.29, 0.717) is 11.2 Å².